The van der Waals surface area contributed by atoms with Crippen LogP contribution in [0.3, 0.4) is 0 Å². The number of carbonyl (C=O) groups excluding carboxylic acids is 2. The average molecular weight is 391 g/mol. The maximum Gasteiger partial charge on any atom is 0.338 e. The number of benzene rings is 2. The van der Waals surface area contributed by atoms with Gasteiger partial charge in [-0.1, -0.05) is 30.3 Å². The lowest BCUT2D eigenvalue weighted by molar-refractivity contribution is -0.128. The van der Waals surface area contributed by atoms with E-state index in [1.54, 1.807) is 19.1 Å². The number of esters is 1. The van der Waals surface area contributed by atoms with Crippen molar-refractivity contribution in [1.82, 2.24) is 15.1 Å². The molecular weight excluding hydrogens is 370 g/mol. The molecule has 0 bridgehead atoms. The normalized spacial score (nSPS) is 14.8. The van der Waals surface area contributed by atoms with Crippen molar-refractivity contribution in [2.45, 2.75) is 32.4 Å². The highest BCUT2D eigenvalue weighted by molar-refractivity contribution is 5.89. The van der Waals surface area contributed by atoms with Gasteiger partial charge in [0, 0.05) is 25.1 Å². The first kappa shape index (κ1) is 18.9. The molecule has 1 atom stereocenters. The van der Waals surface area contributed by atoms with Gasteiger partial charge in [0.2, 0.25) is 11.8 Å². The van der Waals surface area contributed by atoms with Crippen LogP contribution in [0.1, 0.15) is 47.7 Å². The van der Waals surface area contributed by atoms with Crippen LogP contribution in [-0.4, -0.2) is 33.5 Å². The molecule has 0 aliphatic carbocycles. The second-order valence-electron chi connectivity index (χ2n) is 6.97. The standard InChI is InChI=1S/C22H21N3O4/c1-15(20-23-24-21(29-20)17-6-3-2-4-7-17)28-22(27)18-11-9-16(10-12-18)14-25-13-5-8-19(25)26/h2-4,6-7,9-12,15H,5,8,13-14H2,1H3/t15-/m0/s1. The number of hydrogen-bond donors (Lipinski definition) is 0. The van der Waals surface area contributed by atoms with Gasteiger partial charge < -0.3 is 14.1 Å². The number of nitrogens with zero attached hydrogens (tertiary/aromatic N) is 3. The first-order valence-corrected chi connectivity index (χ1v) is 9.56. The molecule has 0 radical (unpaired) electrons. The molecule has 7 nitrogen and oxygen atoms in total. The zero-order chi connectivity index (χ0) is 20.2. The van der Waals surface area contributed by atoms with Gasteiger partial charge in [0.1, 0.15) is 0 Å². The van der Waals surface area contributed by atoms with Crippen molar-refractivity contribution in [3.8, 4) is 11.5 Å². The zero-order valence-corrected chi connectivity index (χ0v) is 16.1. The predicted octanol–water partition coefficient (Wildman–Crippen LogP) is 3.78. The van der Waals surface area contributed by atoms with E-state index in [4.69, 9.17) is 9.15 Å². The summed E-state index contributed by atoms with van der Waals surface area (Å²) in [6.45, 7) is 3.04. The largest absolute Gasteiger partial charge is 0.449 e. The quantitative estimate of drug-likeness (QED) is 0.595. The molecule has 4 rings (SSSR count). The smallest absolute Gasteiger partial charge is 0.338 e. The van der Waals surface area contributed by atoms with Crippen LogP contribution in [0, 0.1) is 0 Å². The zero-order valence-electron chi connectivity index (χ0n) is 16.1. The summed E-state index contributed by atoms with van der Waals surface area (Å²) in [4.78, 5) is 26.0. The summed E-state index contributed by atoms with van der Waals surface area (Å²) in [6.07, 6.45) is 0.849. The van der Waals surface area contributed by atoms with E-state index in [-0.39, 0.29) is 11.8 Å². The molecule has 1 amide bonds. The second-order valence-corrected chi connectivity index (χ2v) is 6.97. The van der Waals surface area contributed by atoms with Gasteiger partial charge in [-0.3, -0.25) is 4.79 Å². The van der Waals surface area contributed by atoms with E-state index < -0.39 is 12.1 Å². The molecular formula is C22H21N3O4. The van der Waals surface area contributed by atoms with Crippen molar-refractivity contribution in [2.24, 2.45) is 0 Å². The number of rotatable bonds is 6. The van der Waals surface area contributed by atoms with E-state index in [1.165, 1.54) is 0 Å². The molecule has 3 aromatic rings. The monoisotopic (exact) mass is 391 g/mol. The fraction of sp³-hybridized carbons (Fsp3) is 0.273. The number of aromatic nitrogens is 2. The number of carbonyl (C=O) groups is 2. The van der Waals surface area contributed by atoms with Gasteiger partial charge in [-0.25, -0.2) is 4.79 Å². The van der Waals surface area contributed by atoms with Crippen molar-refractivity contribution in [3.05, 3.63) is 71.6 Å². The fourth-order valence-corrected chi connectivity index (χ4v) is 3.21. The summed E-state index contributed by atoms with van der Waals surface area (Å²) in [5, 5.41) is 8.00. The SMILES string of the molecule is C[C@H](OC(=O)c1ccc(CN2CCCC2=O)cc1)c1nnc(-c2ccccc2)o1. The summed E-state index contributed by atoms with van der Waals surface area (Å²) in [5.74, 6) is 0.322. The van der Waals surface area contributed by atoms with Crippen molar-refractivity contribution >= 4 is 11.9 Å². The van der Waals surface area contributed by atoms with Crippen LogP contribution in [0.2, 0.25) is 0 Å². The second kappa shape index (κ2) is 8.26. The Labute approximate surface area is 168 Å². The van der Waals surface area contributed by atoms with Gasteiger partial charge in [-0.15, -0.1) is 10.2 Å². The Balaban J connectivity index is 1.37. The Kier molecular flexibility index (Phi) is 5.37. The van der Waals surface area contributed by atoms with E-state index in [0.717, 1.165) is 24.1 Å². The van der Waals surface area contributed by atoms with Gasteiger partial charge in [0.05, 0.1) is 5.56 Å². The maximum atomic E-state index is 12.4. The van der Waals surface area contributed by atoms with Crippen LogP contribution >= 0.6 is 0 Å². The van der Waals surface area contributed by atoms with Crippen molar-refractivity contribution in [1.29, 1.82) is 0 Å². The van der Waals surface area contributed by atoms with Crippen LogP contribution in [0.5, 0.6) is 0 Å². The van der Waals surface area contributed by atoms with Gasteiger partial charge in [0.15, 0.2) is 6.10 Å². The third-order valence-electron chi connectivity index (χ3n) is 4.83. The minimum Gasteiger partial charge on any atom is -0.449 e. The topological polar surface area (TPSA) is 85.5 Å². The highest BCUT2D eigenvalue weighted by atomic mass is 16.6. The van der Waals surface area contributed by atoms with E-state index in [2.05, 4.69) is 10.2 Å². The van der Waals surface area contributed by atoms with Gasteiger partial charge in [-0.05, 0) is 43.2 Å². The molecule has 0 N–H and O–H groups in total. The maximum absolute atomic E-state index is 12.4. The molecule has 0 saturated carbocycles. The molecule has 2 aromatic carbocycles. The number of amides is 1. The fourth-order valence-electron chi connectivity index (χ4n) is 3.21. The molecule has 29 heavy (non-hydrogen) atoms. The summed E-state index contributed by atoms with van der Waals surface area (Å²) in [7, 11) is 0. The van der Waals surface area contributed by atoms with E-state index in [0.29, 0.717) is 24.4 Å². The van der Waals surface area contributed by atoms with Crippen LogP contribution in [0.25, 0.3) is 11.5 Å². The first-order valence-electron chi connectivity index (χ1n) is 9.56. The summed E-state index contributed by atoms with van der Waals surface area (Å²) >= 11 is 0. The third-order valence-corrected chi connectivity index (χ3v) is 4.83. The van der Waals surface area contributed by atoms with Crippen molar-refractivity contribution in [2.75, 3.05) is 6.54 Å². The molecule has 1 aliphatic heterocycles. The summed E-state index contributed by atoms with van der Waals surface area (Å²) in [6, 6.07) is 16.5. The summed E-state index contributed by atoms with van der Waals surface area (Å²) < 4.78 is 11.1. The van der Waals surface area contributed by atoms with Gasteiger partial charge in [0.25, 0.3) is 5.89 Å². The lowest BCUT2D eigenvalue weighted by atomic mass is 10.1. The molecule has 2 heterocycles. The van der Waals surface area contributed by atoms with E-state index in [9.17, 15) is 9.59 Å². The highest BCUT2D eigenvalue weighted by Crippen LogP contribution is 2.23. The molecule has 0 unspecified atom stereocenters. The first-order chi connectivity index (χ1) is 14.1. The van der Waals surface area contributed by atoms with E-state index in [1.807, 2.05) is 47.4 Å². The molecule has 1 aliphatic rings. The predicted molar refractivity (Wildman–Crippen MR) is 105 cm³/mol. The van der Waals surface area contributed by atoms with Gasteiger partial charge >= 0.3 is 5.97 Å². The number of hydrogen-bond acceptors (Lipinski definition) is 6. The Hall–Kier alpha value is -3.48. The van der Waals surface area contributed by atoms with Crippen LogP contribution < -0.4 is 0 Å². The Bertz CT molecular complexity index is 998. The molecule has 7 heteroatoms. The summed E-state index contributed by atoms with van der Waals surface area (Å²) in [5.41, 5.74) is 2.21. The lowest BCUT2D eigenvalue weighted by Crippen LogP contribution is -2.23. The minimum absolute atomic E-state index is 0.178. The Morgan fingerprint density at radius 3 is 2.59 bits per heavy atom. The average Bonchev–Trinajstić information content (AvgIpc) is 3.39. The molecule has 148 valence electrons. The molecule has 1 saturated heterocycles. The van der Waals surface area contributed by atoms with E-state index >= 15 is 0 Å². The van der Waals surface area contributed by atoms with Crippen molar-refractivity contribution < 1.29 is 18.7 Å². The van der Waals surface area contributed by atoms with Crippen LogP contribution in [0.4, 0.5) is 0 Å². The van der Waals surface area contributed by atoms with Crippen LogP contribution in [-0.2, 0) is 16.1 Å². The number of likely N-dealkylation sites (tertiary alicyclic amines) is 1. The van der Waals surface area contributed by atoms with Crippen LogP contribution in [0.15, 0.2) is 59.0 Å². The Morgan fingerprint density at radius 2 is 1.90 bits per heavy atom. The molecule has 1 aromatic heterocycles. The highest BCUT2D eigenvalue weighted by Gasteiger charge is 2.21. The molecule has 0 spiro atoms. The lowest BCUT2D eigenvalue weighted by Gasteiger charge is -2.15. The Morgan fingerprint density at radius 1 is 1.14 bits per heavy atom. The third kappa shape index (κ3) is 4.34. The van der Waals surface area contributed by atoms with Gasteiger partial charge in [-0.2, -0.15) is 0 Å². The molecule has 1 fully saturated rings. The minimum atomic E-state index is -0.672. The van der Waals surface area contributed by atoms with Crippen molar-refractivity contribution in [3.63, 3.8) is 0 Å². The number of ether oxygens (including phenoxy) is 1.